The van der Waals surface area contributed by atoms with E-state index in [1.807, 2.05) is 0 Å². The van der Waals surface area contributed by atoms with Crippen LogP contribution in [0, 0.1) is 5.92 Å². The number of nitrogens with zero attached hydrogens (tertiary/aromatic N) is 1. The van der Waals surface area contributed by atoms with Gasteiger partial charge in [-0.3, -0.25) is 4.79 Å². The van der Waals surface area contributed by atoms with Crippen molar-refractivity contribution in [3.05, 3.63) is 16.3 Å². The number of rotatable bonds is 6. The molecule has 3 rings (SSSR count). The lowest BCUT2D eigenvalue weighted by Crippen LogP contribution is -2.45. The van der Waals surface area contributed by atoms with Gasteiger partial charge in [-0.1, -0.05) is 0 Å². The lowest BCUT2D eigenvalue weighted by molar-refractivity contribution is -0.0499. The molecule has 4 nitrogen and oxygen atoms in total. The number of piperidine rings is 1. The number of halogens is 3. The molecule has 0 spiro atoms. The highest BCUT2D eigenvalue weighted by molar-refractivity contribution is 7.12. The van der Waals surface area contributed by atoms with Gasteiger partial charge in [0.05, 0.1) is 0 Å². The number of nitrogens with one attached hydrogen (secondary N) is 1. The first-order valence-electron chi connectivity index (χ1n) is 7.68. The molecule has 1 aromatic rings. The van der Waals surface area contributed by atoms with E-state index in [0.29, 0.717) is 19.1 Å². The van der Waals surface area contributed by atoms with Gasteiger partial charge in [-0.15, -0.1) is 23.7 Å². The third-order valence-corrected chi connectivity index (χ3v) is 5.10. The van der Waals surface area contributed by atoms with Crippen LogP contribution in [-0.4, -0.2) is 43.1 Å². The van der Waals surface area contributed by atoms with Gasteiger partial charge in [0.25, 0.3) is 5.91 Å². The van der Waals surface area contributed by atoms with Gasteiger partial charge in [-0.05, 0) is 49.6 Å². The summed E-state index contributed by atoms with van der Waals surface area (Å²) in [6.07, 6.45) is 4.48. The summed E-state index contributed by atoms with van der Waals surface area (Å²) in [7, 11) is 0. The summed E-state index contributed by atoms with van der Waals surface area (Å²) < 4.78 is 29.1. The van der Waals surface area contributed by atoms with Crippen LogP contribution >= 0.6 is 23.7 Å². The molecule has 1 aliphatic carbocycles. The van der Waals surface area contributed by atoms with Crippen molar-refractivity contribution in [2.24, 2.45) is 5.92 Å². The second-order valence-corrected chi connectivity index (χ2v) is 6.83. The Morgan fingerprint density at radius 1 is 1.35 bits per heavy atom. The number of carbonyl (C=O) groups is 1. The predicted octanol–water partition coefficient (Wildman–Crippen LogP) is 3.38. The highest BCUT2D eigenvalue weighted by Gasteiger charge is 2.28. The number of hydrogen-bond acceptors (Lipinski definition) is 4. The molecule has 0 atom stereocenters. The maximum Gasteiger partial charge on any atom is 0.387 e. The fraction of sp³-hybridized carbons (Fsp3) is 0.667. The minimum absolute atomic E-state index is 0. The van der Waals surface area contributed by atoms with Crippen LogP contribution in [0.3, 0.4) is 0 Å². The van der Waals surface area contributed by atoms with E-state index < -0.39 is 6.61 Å². The number of alkyl halides is 2. The summed E-state index contributed by atoms with van der Waals surface area (Å²) >= 11 is 1.15. The second kappa shape index (κ2) is 8.26. The standard InChI is InChI=1S/C15H20F2N2O2S.ClH/c16-15(17)21-12-5-8-22-13(12)14(20)19-6-3-11(4-7-19)18-9-10-1-2-10;/h5,8,10-11,15,18H,1-4,6-7,9H2;1H. The summed E-state index contributed by atoms with van der Waals surface area (Å²) in [5.41, 5.74) is 0. The molecular weight excluding hydrogens is 346 g/mol. The molecule has 1 N–H and O–H groups in total. The maximum atomic E-state index is 12.4. The van der Waals surface area contributed by atoms with Gasteiger partial charge in [0.1, 0.15) is 10.6 Å². The van der Waals surface area contributed by atoms with Crippen LogP contribution in [0.4, 0.5) is 8.78 Å². The zero-order chi connectivity index (χ0) is 15.5. The topological polar surface area (TPSA) is 41.6 Å². The van der Waals surface area contributed by atoms with Crippen molar-refractivity contribution in [3.8, 4) is 5.75 Å². The van der Waals surface area contributed by atoms with E-state index in [1.54, 1.807) is 10.3 Å². The van der Waals surface area contributed by atoms with Crippen LogP contribution in [0.5, 0.6) is 5.75 Å². The van der Waals surface area contributed by atoms with Crippen LogP contribution in [0.25, 0.3) is 0 Å². The summed E-state index contributed by atoms with van der Waals surface area (Å²) in [6, 6.07) is 1.89. The van der Waals surface area contributed by atoms with Crippen molar-refractivity contribution >= 4 is 29.7 Å². The molecule has 2 fully saturated rings. The van der Waals surface area contributed by atoms with E-state index in [-0.39, 0.29) is 28.9 Å². The molecule has 0 bridgehead atoms. The highest BCUT2D eigenvalue weighted by Crippen LogP contribution is 2.30. The third-order valence-electron chi connectivity index (χ3n) is 4.21. The lowest BCUT2D eigenvalue weighted by Gasteiger charge is -2.32. The van der Waals surface area contributed by atoms with Crippen LogP contribution in [0.15, 0.2) is 11.4 Å². The number of hydrogen-bond donors (Lipinski definition) is 1. The van der Waals surface area contributed by atoms with E-state index in [0.717, 1.165) is 36.6 Å². The zero-order valence-electron chi connectivity index (χ0n) is 12.7. The minimum Gasteiger partial charge on any atom is -0.433 e. The van der Waals surface area contributed by atoms with Gasteiger partial charge in [0.2, 0.25) is 0 Å². The first-order chi connectivity index (χ1) is 10.6. The van der Waals surface area contributed by atoms with E-state index in [1.165, 1.54) is 18.9 Å². The molecule has 1 amide bonds. The molecular formula is C15H21ClF2N2O2S. The number of carbonyl (C=O) groups excluding carboxylic acids is 1. The Kier molecular flexibility index (Phi) is 6.61. The van der Waals surface area contributed by atoms with E-state index in [2.05, 4.69) is 10.1 Å². The third kappa shape index (κ3) is 5.02. The maximum absolute atomic E-state index is 12.4. The average Bonchev–Trinajstić information content (AvgIpc) is 3.23. The largest absolute Gasteiger partial charge is 0.433 e. The fourth-order valence-electron chi connectivity index (χ4n) is 2.73. The first-order valence-corrected chi connectivity index (χ1v) is 8.56. The van der Waals surface area contributed by atoms with Crippen LogP contribution in [-0.2, 0) is 0 Å². The van der Waals surface area contributed by atoms with Crippen molar-refractivity contribution in [2.75, 3.05) is 19.6 Å². The van der Waals surface area contributed by atoms with Gasteiger partial charge in [0.15, 0.2) is 0 Å². The Labute approximate surface area is 144 Å². The SMILES string of the molecule is Cl.O=C(c1sccc1OC(F)F)N1CCC(NCC2CC2)CC1. The number of ether oxygens (including phenoxy) is 1. The summed E-state index contributed by atoms with van der Waals surface area (Å²) in [6.45, 7) is -0.505. The number of thiophene rings is 1. The second-order valence-electron chi connectivity index (χ2n) is 5.91. The summed E-state index contributed by atoms with van der Waals surface area (Å²) in [5, 5.41) is 5.16. The molecule has 130 valence electrons. The number of amides is 1. The van der Waals surface area contributed by atoms with E-state index in [4.69, 9.17) is 0 Å². The zero-order valence-corrected chi connectivity index (χ0v) is 14.3. The van der Waals surface area contributed by atoms with Crippen molar-refractivity contribution in [3.63, 3.8) is 0 Å². The number of likely N-dealkylation sites (tertiary alicyclic amines) is 1. The van der Waals surface area contributed by atoms with Crippen molar-refractivity contribution in [1.29, 1.82) is 0 Å². The molecule has 0 aromatic carbocycles. The molecule has 2 heterocycles. The Morgan fingerprint density at radius 2 is 2.04 bits per heavy atom. The van der Waals surface area contributed by atoms with Gasteiger partial charge < -0.3 is 15.0 Å². The van der Waals surface area contributed by atoms with Crippen molar-refractivity contribution in [1.82, 2.24) is 10.2 Å². The molecule has 2 aliphatic rings. The van der Waals surface area contributed by atoms with E-state index >= 15 is 0 Å². The van der Waals surface area contributed by atoms with Crippen molar-refractivity contribution < 1.29 is 18.3 Å². The first kappa shape index (κ1) is 18.4. The molecule has 23 heavy (non-hydrogen) atoms. The van der Waals surface area contributed by atoms with Crippen LogP contribution in [0.1, 0.15) is 35.4 Å². The molecule has 1 saturated carbocycles. The van der Waals surface area contributed by atoms with Crippen LogP contribution < -0.4 is 10.1 Å². The van der Waals surface area contributed by atoms with Gasteiger partial charge in [-0.25, -0.2) is 0 Å². The van der Waals surface area contributed by atoms with Gasteiger partial charge >= 0.3 is 6.61 Å². The molecule has 1 aliphatic heterocycles. The van der Waals surface area contributed by atoms with Crippen molar-refractivity contribution in [2.45, 2.75) is 38.3 Å². The van der Waals surface area contributed by atoms with Crippen LogP contribution in [0.2, 0.25) is 0 Å². The summed E-state index contributed by atoms with van der Waals surface area (Å²) in [4.78, 5) is 14.4. The quantitative estimate of drug-likeness (QED) is 0.839. The Morgan fingerprint density at radius 3 is 2.65 bits per heavy atom. The minimum atomic E-state index is -2.90. The molecule has 0 radical (unpaired) electrons. The summed E-state index contributed by atoms with van der Waals surface area (Å²) in [5.74, 6) is 0.630. The molecule has 1 saturated heterocycles. The highest BCUT2D eigenvalue weighted by atomic mass is 35.5. The Hall–Kier alpha value is -0.920. The lowest BCUT2D eigenvalue weighted by atomic mass is 10.0. The molecule has 1 aromatic heterocycles. The Bertz CT molecular complexity index is 517. The van der Waals surface area contributed by atoms with Gasteiger partial charge in [-0.2, -0.15) is 8.78 Å². The predicted molar refractivity (Wildman–Crippen MR) is 87.9 cm³/mol. The normalized spacial score (nSPS) is 18.8. The Balaban J connectivity index is 0.00000192. The fourth-order valence-corrected chi connectivity index (χ4v) is 3.52. The molecule has 0 unspecified atom stereocenters. The monoisotopic (exact) mass is 366 g/mol. The van der Waals surface area contributed by atoms with E-state index in [9.17, 15) is 13.6 Å². The van der Waals surface area contributed by atoms with Gasteiger partial charge in [0, 0.05) is 19.1 Å². The smallest absolute Gasteiger partial charge is 0.387 e. The molecule has 8 heteroatoms. The average molecular weight is 367 g/mol.